The highest BCUT2D eigenvalue weighted by Gasteiger charge is 2.28. The van der Waals surface area contributed by atoms with Gasteiger partial charge in [-0.15, -0.1) is 0 Å². The van der Waals surface area contributed by atoms with E-state index in [4.69, 9.17) is 11.6 Å². The predicted octanol–water partition coefficient (Wildman–Crippen LogP) is 3.22. The number of rotatable bonds is 2. The van der Waals surface area contributed by atoms with E-state index in [1.165, 1.54) is 38.4 Å². The van der Waals surface area contributed by atoms with E-state index in [0.29, 0.717) is 10.9 Å². The van der Waals surface area contributed by atoms with Crippen LogP contribution in [0, 0.1) is 6.92 Å². The standard InChI is InChI=1S/C13H18ClN5/c1-9-10(14)17-12-15-8-16-19(12)11(9)18-13(2)6-4-3-5-7-13/h8,18H,3-7H2,1-2H3. The van der Waals surface area contributed by atoms with Gasteiger partial charge in [-0.1, -0.05) is 30.9 Å². The lowest BCUT2D eigenvalue weighted by molar-refractivity contribution is 0.347. The van der Waals surface area contributed by atoms with Gasteiger partial charge in [0.25, 0.3) is 5.78 Å². The van der Waals surface area contributed by atoms with Crippen LogP contribution in [0.5, 0.6) is 0 Å². The zero-order chi connectivity index (χ0) is 13.5. The zero-order valence-corrected chi connectivity index (χ0v) is 12.0. The van der Waals surface area contributed by atoms with Gasteiger partial charge in [0, 0.05) is 11.1 Å². The highest BCUT2D eigenvalue weighted by atomic mass is 35.5. The number of anilines is 1. The Hall–Kier alpha value is -1.36. The lowest BCUT2D eigenvalue weighted by Gasteiger charge is -2.35. The van der Waals surface area contributed by atoms with Gasteiger partial charge in [-0.25, -0.2) is 0 Å². The molecule has 6 heteroatoms. The highest BCUT2D eigenvalue weighted by Crippen LogP contribution is 2.33. The first kappa shape index (κ1) is 12.7. The Morgan fingerprint density at radius 1 is 1.32 bits per heavy atom. The Morgan fingerprint density at radius 3 is 2.79 bits per heavy atom. The van der Waals surface area contributed by atoms with Crippen LogP contribution in [0.15, 0.2) is 6.33 Å². The molecule has 0 amide bonds. The van der Waals surface area contributed by atoms with Crippen molar-refractivity contribution in [3.8, 4) is 0 Å². The van der Waals surface area contributed by atoms with Gasteiger partial charge in [-0.2, -0.15) is 19.6 Å². The smallest absolute Gasteiger partial charge is 0.255 e. The van der Waals surface area contributed by atoms with Crippen molar-refractivity contribution in [2.75, 3.05) is 5.32 Å². The molecule has 5 nitrogen and oxygen atoms in total. The van der Waals surface area contributed by atoms with Crippen LogP contribution in [-0.2, 0) is 0 Å². The summed E-state index contributed by atoms with van der Waals surface area (Å²) >= 11 is 6.18. The third-order valence-corrected chi connectivity index (χ3v) is 4.35. The maximum Gasteiger partial charge on any atom is 0.255 e. The second-order valence-corrected chi connectivity index (χ2v) is 5.95. The molecule has 1 N–H and O–H groups in total. The first-order valence-electron chi connectivity index (χ1n) is 6.73. The lowest BCUT2D eigenvalue weighted by atomic mass is 9.83. The van der Waals surface area contributed by atoms with Crippen molar-refractivity contribution in [2.45, 2.75) is 51.5 Å². The van der Waals surface area contributed by atoms with Crippen molar-refractivity contribution in [1.29, 1.82) is 0 Å². The van der Waals surface area contributed by atoms with Gasteiger partial charge in [-0.05, 0) is 26.7 Å². The van der Waals surface area contributed by atoms with Gasteiger partial charge in [0.05, 0.1) is 0 Å². The minimum Gasteiger partial charge on any atom is -0.364 e. The normalized spacial score (nSPS) is 18.7. The number of hydrogen-bond acceptors (Lipinski definition) is 4. The van der Waals surface area contributed by atoms with Crippen molar-refractivity contribution < 1.29 is 0 Å². The molecule has 102 valence electrons. The molecule has 0 aromatic carbocycles. The van der Waals surface area contributed by atoms with Crippen molar-refractivity contribution in [3.63, 3.8) is 0 Å². The summed E-state index contributed by atoms with van der Waals surface area (Å²) in [5.74, 6) is 1.45. The molecule has 1 saturated carbocycles. The van der Waals surface area contributed by atoms with E-state index in [2.05, 4.69) is 27.3 Å². The number of nitrogens with one attached hydrogen (secondary N) is 1. The average molecular weight is 280 g/mol. The Kier molecular flexibility index (Phi) is 3.09. The van der Waals surface area contributed by atoms with Crippen molar-refractivity contribution in [2.24, 2.45) is 0 Å². The molecular weight excluding hydrogens is 262 g/mol. The Labute approximate surface area is 117 Å². The molecule has 1 fully saturated rings. The van der Waals surface area contributed by atoms with Crippen molar-refractivity contribution >= 4 is 23.2 Å². The Balaban J connectivity index is 2.03. The number of hydrogen-bond donors (Lipinski definition) is 1. The molecule has 1 aliphatic carbocycles. The summed E-state index contributed by atoms with van der Waals surface area (Å²) in [7, 11) is 0. The van der Waals surface area contributed by atoms with Crippen molar-refractivity contribution in [1.82, 2.24) is 19.6 Å². The SMILES string of the molecule is Cc1c(Cl)nc2ncnn2c1NC1(C)CCCCC1. The zero-order valence-electron chi connectivity index (χ0n) is 11.3. The number of nitrogens with zero attached hydrogens (tertiary/aromatic N) is 4. The fourth-order valence-corrected chi connectivity index (χ4v) is 2.95. The third kappa shape index (κ3) is 2.27. The third-order valence-electron chi connectivity index (χ3n) is 3.98. The van der Waals surface area contributed by atoms with Crippen LogP contribution in [-0.4, -0.2) is 25.1 Å². The van der Waals surface area contributed by atoms with Gasteiger partial charge < -0.3 is 5.32 Å². The van der Waals surface area contributed by atoms with Gasteiger partial charge in [0.1, 0.15) is 17.3 Å². The van der Waals surface area contributed by atoms with E-state index in [0.717, 1.165) is 11.4 Å². The van der Waals surface area contributed by atoms with E-state index in [1.807, 2.05) is 6.92 Å². The maximum absolute atomic E-state index is 6.18. The van der Waals surface area contributed by atoms with Crippen LogP contribution < -0.4 is 5.32 Å². The minimum absolute atomic E-state index is 0.104. The molecule has 19 heavy (non-hydrogen) atoms. The van der Waals surface area contributed by atoms with E-state index in [9.17, 15) is 0 Å². The molecule has 2 aromatic rings. The van der Waals surface area contributed by atoms with Crippen LogP contribution in [0.3, 0.4) is 0 Å². The molecule has 1 aliphatic rings. The van der Waals surface area contributed by atoms with E-state index >= 15 is 0 Å². The lowest BCUT2D eigenvalue weighted by Crippen LogP contribution is -2.38. The average Bonchev–Trinajstić information content (AvgIpc) is 2.83. The first-order valence-corrected chi connectivity index (χ1v) is 7.11. The molecular formula is C13H18ClN5. The van der Waals surface area contributed by atoms with E-state index in [1.54, 1.807) is 4.52 Å². The molecule has 0 unspecified atom stereocenters. The summed E-state index contributed by atoms with van der Waals surface area (Å²) < 4.78 is 1.74. The summed E-state index contributed by atoms with van der Waals surface area (Å²) in [6.07, 6.45) is 7.70. The molecule has 0 bridgehead atoms. The van der Waals surface area contributed by atoms with Crippen LogP contribution in [0.2, 0.25) is 5.15 Å². The highest BCUT2D eigenvalue weighted by molar-refractivity contribution is 6.30. The molecule has 0 saturated heterocycles. The van der Waals surface area contributed by atoms with Crippen LogP contribution in [0.25, 0.3) is 5.78 Å². The first-order chi connectivity index (χ1) is 9.09. The molecule has 3 rings (SSSR count). The number of halogens is 1. The molecule has 0 spiro atoms. The summed E-state index contributed by atoms with van der Waals surface area (Å²) in [4.78, 5) is 8.34. The summed E-state index contributed by atoms with van der Waals surface area (Å²) in [6, 6.07) is 0. The van der Waals surface area contributed by atoms with E-state index < -0.39 is 0 Å². The fraction of sp³-hybridized carbons (Fsp3) is 0.615. The molecule has 2 aromatic heterocycles. The Bertz CT molecular complexity index is 600. The molecule has 0 radical (unpaired) electrons. The Morgan fingerprint density at radius 2 is 2.05 bits per heavy atom. The number of fused-ring (bicyclic) bond motifs is 1. The van der Waals surface area contributed by atoms with Gasteiger partial charge in [0.15, 0.2) is 0 Å². The topological polar surface area (TPSA) is 55.1 Å². The summed E-state index contributed by atoms with van der Waals surface area (Å²) in [6.45, 7) is 4.23. The molecule has 2 heterocycles. The minimum atomic E-state index is 0.104. The van der Waals surface area contributed by atoms with Gasteiger partial charge >= 0.3 is 0 Å². The van der Waals surface area contributed by atoms with Crippen LogP contribution in [0.4, 0.5) is 5.82 Å². The fourth-order valence-electron chi connectivity index (χ4n) is 2.79. The second-order valence-electron chi connectivity index (χ2n) is 5.59. The van der Waals surface area contributed by atoms with Crippen LogP contribution in [0.1, 0.15) is 44.6 Å². The number of aromatic nitrogens is 4. The van der Waals surface area contributed by atoms with Gasteiger partial charge in [-0.3, -0.25) is 0 Å². The maximum atomic E-state index is 6.18. The summed E-state index contributed by atoms with van der Waals surface area (Å²) in [5.41, 5.74) is 1.03. The van der Waals surface area contributed by atoms with Gasteiger partial charge in [0.2, 0.25) is 0 Å². The van der Waals surface area contributed by atoms with Crippen LogP contribution >= 0.6 is 11.6 Å². The summed E-state index contributed by atoms with van der Waals surface area (Å²) in [5, 5.41) is 8.36. The predicted molar refractivity (Wildman–Crippen MR) is 75.6 cm³/mol. The van der Waals surface area contributed by atoms with E-state index in [-0.39, 0.29) is 5.54 Å². The van der Waals surface area contributed by atoms with Crippen molar-refractivity contribution in [3.05, 3.63) is 17.0 Å². The molecule has 0 atom stereocenters. The largest absolute Gasteiger partial charge is 0.364 e. The monoisotopic (exact) mass is 279 g/mol. The quantitative estimate of drug-likeness (QED) is 0.858. The second kappa shape index (κ2) is 4.63. The molecule has 0 aliphatic heterocycles.